The molecule has 0 aromatic heterocycles. The average molecular weight is 529 g/mol. The summed E-state index contributed by atoms with van der Waals surface area (Å²) in [7, 11) is 0. The van der Waals surface area contributed by atoms with Gasteiger partial charge in [0.1, 0.15) is 5.75 Å². The second kappa shape index (κ2) is 12.6. The predicted molar refractivity (Wildman–Crippen MR) is 157 cm³/mol. The van der Waals surface area contributed by atoms with Crippen LogP contribution in [0.15, 0.2) is 96.1 Å². The largest absolute Gasteiger partial charge is 0.508 e. The number of phenols is 1. The zero-order valence-corrected chi connectivity index (χ0v) is 22.1. The number of nitrogens with zero attached hydrogens (tertiary/aromatic N) is 3. The van der Waals surface area contributed by atoms with Gasteiger partial charge in [0, 0.05) is 12.1 Å². The van der Waals surface area contributed by atoms with Crippen LogP contribution in [-0.4, -0.2) is 34.9 Å². The summed E-state index contributed by atoms with van der Waals surface area (Å²) < 4.78 is 0. The fourth-order valence-electron chi connectivity index (χ4n) is 4.77. The zero-order chi connectivity index (χ0) is 25.6. The number of hydrogen-bond acceptors (Lipinski definition) is 4. The lowest BCUT2D eigenvalue weighted by atomic mass is 10.00. The molecule has 0 saturated carbocycles. The molecule has 0 fully saturated rings. The van der Waals surface area contributed by atoms with Crippen molar-refractivity contribution in [2.75, 3.05) is 18.0 Å². The molecule has 0 bridgehead atoms. The van der Waals surface area contributed by atoms with Crippen LogP contribution in [0.25, 0.3) is 10.8 Å². The molecule has 7 heteroatoms. The smallest absolute Gasteiger partial charge is 0.345 e. The van der Waals surface area contributed by atoms with Gasteiger partial charge in [-0.1, -0.05) is 66.7 Å². The number of unbranched alkanes of at least 4 members (excludes halogenated alkanes) is 1. The lowest BCUT2D eigenvalue weighted by Gasteiger charge is -2.27. The zero-order valence-electron chi connectivity index (χ0n) is 21.3. The fraction of sp³-hybridized carbons (Fsp3) is 0.226. The van der Waals surface area contributed by atoms with E-state index in [2.05, 4.69) is 36.4 Å². The number of carbonyl (C=O) groups excluding carboxylic acids is 1. The first-order valence-corrected chi connectivity index (χ1v) is 12.8. The molecule has 3 N–H and O–H groups in total. The van der Waals surface area contributed by atoms with Gasteiger partial charge in [0.05, 0.1) is 17.9 Å². The van der Waals surface area contributed by atoms with Gasteiger partial charge in [-0.25, -0.2) is 9.80 Å². The van der Waals surface area contributed by atoms with E-state index >= 15 is 0 Å². The molecule has 0 atom stereocenters. The van der Waals surface area contributed by atoms with Crippen LogP contribution in [-0.2, 0) is 13.0 Å². The summed E-state index contributed by atoms with van der Waals surface area (Å²) in [5, 5.41) is 18.5. The summed E-state index contributed by atoms with van der Waals surface area (Å²) in [5.41, 5.74) is 10.6. The quantitative estimate of drug-likeness (QED) is 0.244. The SMILES string of the molecule is Cl.NCCCCN1N=C(CCc2ccc(O)cc2)c2ccccc2N(Cc2ccc3ccccc3c2)C1=O. The maximum Gasteiger partial charge on any atom is 0.345 e. The minimum atomic E-state index is -0.128. The Kier molecular flexibility index (Phi) is 9.00. The molecule has 1 aliphatic heterocycles. The van der Waals surface area contributed by atoms with E-state index in [1.165, 1.54) is 5.39 Å². The molecule has 0 saturated heterocycles. The van der Waals surface area contributed by atoms with Gasteiger partial charge in [-0.15, -0.1) is 12.4 Å². The predicted octanol–water partition coefficient (Wildman–Crippen LogP) is 6.49. The van der Waals surface area contributed by atoms with Crippen LogP contribution in [0.5, 0.6) is 5.75 Å². The Morgan fingerprint density at radius 2 is 1.50 bits per heavy atom. The standard InChI is InChI=1S/C31H32N4O2.ClH/c32-19-5-6-20-35-31(37)34(22-24-11-15-25-7-1-2-8-26(25)21-24)30-10-4-3-9-28(30)29(33-35)18-14-23-12-16-27(36)17-13-23;/h1-4,7-13,15-17,21,36H,5-6,14,18-20,22,32H2;1H. The third kappa shape index (κ3) is 6.15. The van der Waals surface area contributed by atoms with Gasteiger partial charge in [-0.2, -0.15) is 5.10 Å². The van der Waals surface area contributed by atoms with Crippen molar-refractivity contribution in [2.24, 2.45) is 10.8 Å². The summed E-state index contributed by atoms with van der Waals surface area (Å²) in [4.78, 5) is 15.8. The van der Waals surface area contributed by atoms with Crippen LogP contribution in [0, 0.1) is 0 Å². The minimum Gasteiger partial charge on any atom is -0.508 e. The topological polar surface area (TPSA) is 82.2 Å². The van der Waals surface area contributed by atoms with Crippen LogP contribution in [0.3, 0.4) is 0 Å². The molecule has 38 heavy (non-hydrogen) atoms. The highest BCUT2D eigenvalue weighted by molar-refractivity contribution is 6.10. The van der Waals surface area contributed by atoms with Gasteiger partial charge in [0.25, 0.3) is 0 Å². The van der Waals surface area contributed by atoms with E-state index in [0.717, 1.165) is 52.7 Å². The summed E-state index contributed by atoms with van der Waals surface area (Å²) in [6, 6.07) is 29.8. The van der Waals surface area contributed by atoms with E-state index in [1.54, 1.807) is 17.1 Å². The normalized spacial score (nSPS) is 13.1. The van der Waals surface area contributed by atoms with Crippen molar-refractivity contribution < 1.29 is 9.90 Å². The number of para-hydroxylation sites is 1. The Labute approximate surface area is 229 Å². The number of anilines is 1. The van der Waals surface area contributed by atoms with Crippen molar-refractivity contribution in [3.05, 3.63) is 108 Å². The van der Waals surface area contributed by atoms with Gasteiger partial charge < -0.3 is 10.8 Å². The maximum atomic E-state index is 13.9. The Bertz CT molecular complexity index is 1420. The highest BCUT2D eigenvalue weighted by Crippen LogP contribution is 2.30. The summed E-state index contributed by atoms with van der Waals surface area (Å²) in [5.74, 6) is 0.252. The van der Waals surface area contributed by atoms with Crippen LogP contribution < -0.4 is 10.6 Å². The summed E-state index contributed by atoms with van der Waals surface area (Å²) in [6.07, 6.45) is 3.05. The van der Waals surface area contributed by atoms with Gasteiger partial charge in [0.15, 0.2) is 0 Å². The van der Waals surface area contributed by atoms with Gasteiger partial charge in [-0.3, -0.25) is 4.90 Å². The Morgan fingerprint density at radius 3 is 2.29 bits per heavy atom. The lowest BCUT2D eigenvalue weighted by Crippen LogP contribution is -2.40. The molecule has 4 aromatic carbocycles. The molecular weight excluding hydrogens is 496 g/mol. The molecule has 0 aliphatic carbocycles. The number of rotatable bonds is 9. The molecule has 0 spiro atoms. The molecule has 5 rings (SSSR count). The van der Waals surface area contributed by atoms with Gasteiger partial charge in [0.2, 0.25) is 0 Å². The molecule has 1 aliphatic rings. The number of aromatic hydroxyl groups is 1. The lowest BCUT2D eigenvalue weighted by molar-refractivity contribution is 0.206. The first-order chi connectivity index (χ1) is 18.1. The van der Waals surface area contributed by atoms with E-state index in [1.807, 2.05) is 47.4 Å². The molecule has 6 nitrogen and oxygen atoms in total. The van der Waals surface area contributed by atoms with Crippen LogP contribution in [0.1, 0.15) is 36.0 Å². The second-order valence-corrected chi connectivity index (χ2v) is 9.40. The van der Waals surface area contributed by atoms with E-state index in [9.17, 15) is 9.90 Å². The Balaban J connectivity index is 0.00000336. The number of carbonyl (C=O) groups is 1. The number of amides is 2. The van der Waals surface area contributed by atoms with E-state index in [0.29, 0.717) is 26.1 Å². The number of hydrogen-bond donors (Lipinski definition) is 2. The van der Waals surface area contributed by atoms with Gasteiger partial charge >= 0.3 is 6.03 Å². The van der Waals surface area contributed by atoms with Crippen molar-refractivity contribution in [1.29, 1.82) is 0 Å². The van der Waals surface area contributed by atoms with E-state index < -0.39 is 0 Å². The van der Waals surface area contributed by atoms with Crippen molar-refractivity contribution in [1.82, 2.24) is 5.01 Å². The van der Waals surface area contributed by atoms with E-state index in [-0.39, 0.29) is 24.2 Å². The number of urea groups is 1. The number of nitrogens with two attached hydrogens (primary N) is 1. The minimum absolute atomic E-state index is 0. The van der Waals surface area contributed by atoms with Crippen LogP contribution >= 0.6 is 12.4 Å². The Hall–Kier alpha value is -3.87. The number of hydrazone groups is 1. The van der Waals surface area contributed by atoms with Crippen molar-refractivity contribution >= 4 is 40.6 Å². The second-order valence-electron chi connectivity index (χ2n) is 9.40. The third-order valence-corrected chi connectivity index (χ3v) is 6.76. The van der Waals surface area contributed by atoms with E-state index in [4.69, 9.17) is 10.8 Å². The average Bonchev–Trinajstić information content (AvgIpc) is 3.03. The number of benzene rings is 4. The highest BCUT2D eigenvalue weighted by Gasteiger charge is 2.29. The highest BCUT2D eigenvalue weighted by atomic mass is 35.5. The Morgan fingerprint density at radius 1 is 0.789 bits per heavy atom. The number of phenolic OH excluding ortho intramolecular Hbond substituents is 1. The molecule has 0 unspecified atom stereocenters. The summed E-state index contributed by atoms with van der Waals surface area (Å²) >= 11 is 0. The number of halogens is 1. The molecular formula is C31H33ClN4O2. The number of aryl methyl sites for hydroxylation is 1. The third-order valence-electron chi connectivity index (χ3n) is 6.76. The van der Waals surface area contributed by atoms with Crippen molar-refractivity contribution in [3.63, 3.8) is 0 Å². The molecule has 0 radical (unpaired) electrons. The van der Waals surface area contributed by atoms with Crippen LogP contribution in [0.4, 0.5) is 10.5 Å². The van der Waals surface area contributed by atoms with Crippen molar-refractivity contribution in [3.8, 4) is 5.75 Å². The summed E-state index contributed by atoms with van der Waals surface area (Å²) in [6.45, 7) is 1.55. The molecule has 2 amide bonds. The van der Waals surface area contributed by atoms with Crippen molar-refractivity contribution in [2.45, 2.75) is 32.2 Å². The molecule has 196 valence electrons. The monoisotopic (exact) mass is 528 g/mol. The fourth-order valence-corrected chi connectivity index (χ4v) is 4.77. The van der Waals surface area contributed by atoms with Gasteiger partial charge in [-0.05, 0) is 78.4 Å². The maximum absolute atomic E-state index is 13.9. The number of fused-ring (bicyclic) bond motifs is 2. The molecule has 1 heterocycles. The first kappa shape index (κ1) is 27.2. The first-order valence-electron chi connectivity index (χ1n) is 12.8. The molecule has 4 aromatic rings. The van der Waals surface area contributed by atoms with Crippen LogP contribution in [0.2, 0.25) is 0 Å².